The Morgan fingerprint density at radius 2 is 1.59 bits per heavy atom. The number of nitrogens with one attached hydrogen (secondary N) is 3. The van der Waals surface area contributed by atoms with E-state index in [1.54, 1.807) is 48.5 Å². The normalized spacial score (nSPS) is 10.0. The van der Waals surface area contributed by atoms with Crippen molar-refractivity contribution in [1.82, 2.24) is 10.9 Å². The van der Waals surface area contributed by atoms with Gasteiger partial charge in [0.15, 0.2) is 0 Å². The molecule has 0 saturated heterocycles. The first kappa shape index (κ1) is 21.8. The van der Waals surface area contributed by atoms with Crippen LogP contribution in [-0.4, -0.2) is 25.2 Å². The summed E-state index contributed by atoms with van der Waals surface area (Å²) in [4.78, 5) is 24.1. The summed E-state index contributed by atoms with van der Waals surface area (Å²) < 4.78 is 10.9. The van der Waals surface area contributed by atoms with Crippen LogP contribution in [0.4, 0.5) is 10.5 Å². The molecule has 2 aromatic rings. The summed E-state index contributed by atoms with van der Waals surface area (Å²) in [6, 6.07) is 13.2. The van der Waals surface area contributed by atoms with Gasteiger partial charge in [0, 0.05) is 16.8 Å². The van der Waals surface area contributed by atoms with Crippen LogP contribution in [0.15, 0.2) is 55.1 Å². The maximum atomic E-state index is 12.1. The zero-order valence-electron chi connectivity index (χ0n) is 16.8. The Bertz CT molecular complexity index is 817. The first-order valence-corrected chi connectivity index (χ1v) is 9.55. The van der Waals surface area contributed by atoms with Crippen molar-refractivity contribution in [3.8, 4) is 5.75 Å². The summed E-state index contributed by atoms with van der Waals surface area (Å²) in [6.45, 7) is 8.99. The van der Waals surface area contributed by atoms with E-state index in [4.69, 9.17) is 9.47 Å². The molecular weight excluding hydrogens is 370 g/mol. The number of anilines is 1. The molecule has 0 aliphatic carbocycles. The largest absolute Gasteiger partial charge is 0.494 e. The minimum Gasteiger partial charge on any atom is -0.494 e. The lowest BCUT2D eigenvalue weighted by atomic mass is 10.2. The summed E-state index contributed by atoms with van der Waals surface area (Å²) in [5.41, 5.74) is 6.49. The van der Waals surface area contributed by atoms with E-state index in [2.05, 4.69) is 29.7 Å². The molecule has 0 fully saturated rings. The number of benzene rings is 2. The van der Waals surface area contributed by atoms with Gasteiger partial charge in [-0.3, -0.25) is 10.2 Å². The number of ether oxygens (including phenoxy) is 2. The second-order valence-electron chi connectivity index (χ2n) is 6.19. The van der Waals surface area contributed by atoms with Crippen LogP contribution in [-0.2, 0) is 4.74 Å². The molecule has 7 nitrogen and oxygen atoms in total. The summed E-state index contributed by atoms with van der Waals surface area (Å²) in [7, 11) is 0. The Balaban J connectivity index is 1.79. The number of amides is 3. The zero-order valence-corrected chi connectivity index (χ0v) is 16.8. The summed E-state index contributed by atoms with van der Waals surface area (Å²) in [6.07, 6.45) is 2.03. The maximum absolute atomic E-state index is 12.1. The number of hydrogen-bond acceptors (Lipinski definition) is 4. The van der Waals surface area contributed by atoms with E-state index in [0.29, 0.717) is 36.0 Å². The lowest BCUT2D eigenvalue weighted by Gasteiger charge is -2.11. The highest BCUT2D eigenvalue weighted by Gasteiger charge is 2.08. The molecule has 154 valence electrons. The van der Waals surface area contributed by atoms with E-state index in [9.17, 15) is 9.59 Å². The van der Waals surface area contributed by atoms with Crippen LogP contribution in [0.2, 0.25) is 0 Å². The van der Waals surface area contributed by atoms with Crippen LogP contribution in [0.5, 0.6) is 5.75 Å². The molecule has 0 heterocycles. The monoisotopic (exact) mass is 397 g/mol. The van der Waals surface area contributed by atoms with E-state index in [1.165, 1.54) is 0 Å². The molecule has 0 aliphatic heterocycles. The first-order valence-electron chi connectivity index (χ1n) is 9.55. The SMILES string of the molecule is C=C(OCC)c1ccc(NC(=O)NNC(=O)c2ccc(OCCCC)cc2)cc1. The number of hydrogen-bond donors (Lipinski definition) is 3. The van der Waals surface area contributed by atoms with Gasteiger partial charge < -0.3 is 14.8 Å². The van der Waals surface area contributed by atoms with Crippen LogP contribution in [0.25, 0.3) is 5.76 Å². The molecule has 0 spiro atoms. The van der Waals surface area contributed by atoms with Gasteiger partial charge in [0.2, 0.25) is 0 Å². The quantitative estimate of drug-likeness (QED) is 0.334. The van der Waals surface area contributed by atoms with E-state index in [1.807, 2.05) is 6.92 Å². The summed E-state index contributed by atoms with van der Waals surface area (Å²) >= 11 is 0. The molecule has 29 heavy (non-hydrogen) atoms. The highest BCUT2D eigenvalue weighted by Crippen LogP contribution is 2.17. The molecule has 7 heteroatoms. The van der Waals surface area contributed by atoms with E-state index in [-0.39, 0.29) is 0 Å². The van der Waals surface area contributed by atoms with Gasteiger partial charge in [-0.05, 0) is 61.9 Å². The lowest BCUT2D eigenvalue weighted by Crippen LogP contribution is -2.43. The van der Waals surface area contributed by atoms with Crippen molar-refractivity contribution in [1.29, 1.82) is 0 Å². The molecule has 0 aromatic heterocycles. The van der Waals surface area contributed by atoms with Crippen LogP contribution in [0.3, 0.4) is 0 Å². The Kier molecular flexibility index (Phi) is 8.56. The van der Waals surface area contributed by atoms with Gasteiger partial charge in [0.05, 0.1) is 13.2 Å². The Morgan fingerprint density at radius 1 is 0.931 bits per heavy atom. The van der Waals surface area contributed by atoms with Crippen LogP contribution >= 0.6 is 0 Å². The van der Waals surface area contributed by atoms with Gasteiger partial charge >= 0.3 is 6.03 Å². The standard InChI is InChI=1S/C22H27N3O4/c1-4-6-15-29-20-13-9-18(10-14-20)21(26)24-25-22(27)23-19-11-7-17(8-12-19)16(3)28-5-2/h7-14H,3-6,15H2,1-2H3,(H,24,26)(H2,23,25,27). The molecule has 3 N–H and O–H groups in total. The molecule has 0 saturated carbocycles. The minimum atomic E-state index is -0.561. The summed E-state index contributed by atoms with van der Waals surface area (Å²) in [5.74, 6) is 0.845. The van der Waals surface area contributed by atoms with Crippen molar-refractivity contribution in [3.05, 3.63) is 66.2 Å². The van der Waals surface area contributed by atoms with Crippen molar-refractivity contribution in [2.45, 2.75) is 26.7 Å². The molecule has 3 amide bonds. The molecule has 0 bridgehead atoms. The van der Waals surface area contributed by atoms with Gasteiger partial charge in [0.25, 0.3) is 5.91 Å². The van der Waals surface area contributed by atoms with Gasteiger partial charge in [-0.1, -0.05) is 19.9 Å². The Labute approximate surface area is 171 Å². The van der Waals surface area contributed by atoms with Gasteiger partial charge in [-0.15, -0.1) is 0 Å². The summed E-state index contributed by atoms with van der Waals surface area (Å²) in [5, 5.41) is 2.63. The van der Waals surface area contributed by atoms with E-state index in [0.717, 1.165) is 18.4 Å². The van der Waals surface area contributed by atoms with Crippen molar-refractivity contribution in [2.24, 2.45) is 0 Å². The molecule has 0 atom stereocenters. The second-order valence-corrected chi connectivity index (χ2v) is 6.19. The van der Waals surface area contributed by atoms with Crippen molar-refractivity contribution >= 4 is 23.4 Å². The number of rotatable bonds is 9. The predicted molar refractivity (Wildman–Crippen MR) is 114 cm³/mol. The van der Waals surface area contributed by atoms with Gasteiger partial charge in [-0.2, -0.15) is 0 Å². The second kappa shape index (κ2) is 11.4. The highest BCUT2D eigenvalue weighted by atomic mass is 16.5. The molecular formula is C22H27N3O4. The van der Waals surface area contributed by atoms with Gasteiger partial charge in [0.1, 0.15) is 11.5 Å². The zero-order chi connectivity index (χ0) is 21.1. The number of carbonyl (C=O) groups is 2. The third-order valence-electron chi connectivity index (χ3n) is 3.96. The van der Waals surface area contributed by atoms with Crippen LogP contribution < -0.4 is 20.9 Å². The van der Waals surface area contributed by atoms with E-state index >= 15 is 0 Å². The maximum Gasteiger partial charge on any atom is 0.337 e. The lowest BCUT2D eigenvalue weighted by molar-refractivity contribution is 0.0938. The van der Waals surface area contributed by atoms with Crippen molar-refractivity contribution in [3.63, 3.8) is 0 Å². The highest BCUT2D eigenvalue weighted by molar-refractivity contribution is 5.97. The topological polar surface area (TPSA) is 88.7 Å². The smallest absolute Gasteiger partial charge is 0.337 e. The predicted octanol–water partition coefficient (Wildman–Crippen LogP) is 4.34. The van der Waals surface area contributed by atoms with Crippen LogP contribution in [0.1, 0.15) is 42.6 Å². The third-order valence-corrected chi connectivity index (χ3v) is 3.96. The van der Waals surface area contributed by atoms with Gasteiger partial charge in [-0.25, -0.2) is 10.2 Å². The fourth-order valence-corrected chi connectivity index (χ4v) is 2.38. The number of urea groups is 1. The first-order chi connectivity index (χ1) is 14.0. The molecule has 0 radical (unpaired) electrons. The number of carbonyl (C=O) groups excluding carboxylic acids is 2. The third kappa shape index (κ3) is 7.21. The molecule has 2 rings (SSSR count). The number of hydrazine groups is 1. The average molecular weight is 397 g/mol. The van der Waals surface area contributed by atoms with Crippen molar-refractivity contribution in [2.75, 3.05) is 18.5 Å². The van der Waals surface area contributed by atoms with Crippen LogP contribution in [0, 0.1) is 0 Å². The Morgan fingerprint density at radius 3 is 2.21 bits per heavy atom. The fourth-order valence-electron chi connectivity index (χ4n) is 2.38. The molecule has 0 aliphatic rings. The van der Waals surface area contributed by atoms with E-state index < -0.39 is 11.9 Å². The minimum absolute atomic E-state index is 0.409. The fraction of sp³-hybridized carbons (Fsp3) is 0.273. The molecule has 0 unspecified atom stereocenters. The average Bonchev–Trinajstić information content (AvgIpc) is 2.73. The van der Waals surface area contributed by atoms with Crippen molar-refractivity contribution < 1.29 is 19.1 Å². The number of unbranched alkanes of at least 4 members (excludes halogenated alkanes) is 1. The molecule has 2 aromatic carbocycles. The Hall–Kier alpha value is -3.48.